The molecule has 27 heavy (non-hydrogen) atoms. The smallest absolute Gasteiger partial charge is 0.256 e. The summed E-state index contributed by atoms with van der Waals surface area (Å²) in [7, 11) is 0. The lowest BCUT2D eigenvalue weighted by atomic mass is 10.2. The quantitative estimate of drug-likeness (QED) is 0.544. The number of carbonyl (C=O) groups excluding carboxylic acids is 2. The van der Waals surface area contributed by atoms with Crippen LogP contribution in [0.15, 0.2) is 47.8 Å². The van der Waals surface area contributed by atoms with Gasteiger partial charge in [0.25, 0.3) is 5.91 Å². The summed E-state index contributed by atoms with van der Waals surface area (Å²) in [5, 5.41) is 1.99. The molecule has 2 rings (SSSR count). The van der Waals surface area contributed by atoms with Crippen LogP contribution in [0.1, 0.15) is 30.7 Å². The van der Waals surface area contributed by atoms with Gasteiger partial charge >= 0.3 is 0 Å². The summed E-state index contributed by atoms with van der Waals surface area (Å²) in [6, 6.07) is 13.7. The van der Waals surface area contributed by atoms with Gasteiger partial charge in [-0.1, -0.05) is 66.5 Å². The number of rotatable bonds is 9. The van der Waals surface area contributed by atoms with E-state index in [2.05, 4.69) is 0 Å². The Morgan fingerprint density at radius 2 is 1.78 bits per heavy atom. The molecule has 2 aromatic rings. The minimum Gasteiger partial charge on any atom is -0.332 e. The molecule has 0 bridgehead atoms. The highest BCUT2D eigenvalue weighted by Gasteiger charge is 2.28. The first-order chi connectivity index (χ1) is 12.9. The normalized spacial score (nSPS) is 12.0. The predicted octanol–water partition coefficient (Wildman–Crippen LogP) is 4.71. The monoisotopic (exact) mass is 426 g/mol. The van der Waals surface area contributed by atoms with E-state index in [1.807, 2.05) is 61.7 Å². The fourth-order valence-corrected chi connectivity index (χ4v) is 3.64. The van der Waals surface area contributed by atoms with Gasteiger partial charge in [-0.3, -0.25) is 9.59 Å². The standard InChI is InChI=1S/C20H24Cl2N2O2S/c1-3-15(2)24(20(26)19(21)22)14-18(25)23(13-17-10-7-11-27-17)12-16-8-5-4-6-9-16/h4-11,15,19H,3,12-14H2,1-2H3. The third kappa shape index (κ3) is 6.52. The molecule has 1 aromatic heterocycles. The van der Waals surface area contributed by atoms with Crippen molar-refractivity contribution in [1.82, 2.24) is 9.80 Å². The largest absolute Gasteiger partial charge is 0.332 e. The van der Waals surface area contributed by atoms with Crippen molar-refractivity contribution < 1.29 is 9.59 Å². The zero-order chi connectivity index (χ0) is 19.8. The predicted molar refractivity (Wildman–Crippen MR) is 112 cm³/mol. The topological polar surface area (TPSA) is 40.6 Å². The van der Waals surface area contributed by atoms with Crippen molar-refractivity contribution in [3.8, 4) is 0 Å². The van der Waals surface area contributed by atoms with Crippen molar-refractivity contribution in [2.45, 2.75) is 44.2 Å². The van der Waals surface area contributed by atoms with Crippen LogP contribution in [0.4, 0.5) is 0 Å². The molecule has 146 valence electrons. The summed E-state index contributed by atoms with van der Waals surface area (Å²) in [4.78, 5) is 28.6. The molecule has 0 fully saturated rings. The molecule has 0 saturated heterocycles. The van der Waals surface area contributed by atoms with Crippen molar-refractivity contribution in [3.63, 3.8) is 0 Å². The molecular formula is C20H24Cl2N2O2S. The molecule has 7 heteroatoms. The highest BCUT2D eigenvalue weighted by atomic mass is 35.5. The van der Waals surface area contributed by atoms with Crippen LogP contribution in [0.3, 0.4) is 0 Å². The van der Waals surface area contributed by atoms with Gasteiger partial charge in [0.1, 0.15) is 6.54 Å². The van der Waals surface area contributed by atoms with Crippen LogP contribution >= 0.6 is 34.5 Å². The Morgan fingerprint density at radius 1 is 1.07 bits per heavy atom. The summed E-state index contributed by atoms with van der Waals surface area (Å²) in [5.41, 5.74) is 1.04. The maximum Gasteiger partial charge on any atom is 0.256 e. The maximum atomic E-state index is 13.1. The molecule has 0 saturated carbocycles. The molecule has 1 unspecified atom stereocenters. The molecule has 0 radical (unpaired) electrons. The van der Waals surface area contributed by atoms with Gasteiger partial charge in [-0.05, 0) is 30.4 Å². The Bertz CT molecular complexity index is 723. The minimum absolute atomic E-state index is 0.0397. The van der Waals surface area contributed by atoms with Gasteiger partial charge < -0.3 is 9.80 Å². The van der Waals surface area contributed by atoms with Crippen LogP contribution in [-0.2, 0) is 22.7 Å². The minimum atomic E-state index is -1.17. The molecule has 1 aromatic carbocycles. The molecule has 0 aliphatic rings. The van der Waals surface area contributed by atoms with E-state index in [4.69, 9.17) is 23.2 Å². The Hall–Kier alpha value is -1.56. The van der Waals surface area contributed by atoms with Crippen LogP contribution in [-0.4, -0.2) is 39.0 Å². The fraction of sp³-hybridized carbons (Fsp3) is 0.400. The Morgan fingerprint density at radius 3 is 2.33 bits per heavy atom. The van der Waals surface area contributed by atoms with Gasteiger partial charge in [-0.2, -0.15) is 0 Å². The summed E-state index contributed by atoms with van der Waals surface area (Å²) < 4.78 is 0. The Balaban J connectivity index is 2.18. The number of hydrogen-bond acceptors (Lipinski definition) is 3. The molecular weight excluding hydrogens is 403 g/mol. The van der Waals surface area contributed by atoms with E-state index in [0.717, 1.165) is 10.4 Å². The van der Waals surface area contributed by atoms with Crippen LogP contribution in [0.25, 0.3) is 0 Å². The lowest BCUT2D eigenvalue weighted by Crippen LogP contribution is -2.47. The van der Waals surface area contributed by atoms with E-state index in [-0.39, 0.29) is 18.5 Å². The highest BCUT2D eigenvalue weighted by Crippen LogP contribution is 2.17. The van der Waals surface area contributed by atoms with E-state index in [0.29, 0.717) is 19.5 Å². The van der Waals surface area contributed by atoms with Crippen molar-refractivity contribution in [2.75, 3.05) is 6.54 Å². The second-order valence-corrected chi connectivity index (χ2v) is 8.47. The SMILES string of the molecule is CCC(C)N(CC(=O)N(Cc1ccccc1)Cc1cccs1)C(=O)C(Cl)Cl. The zero-order valence-corrected chi connectivity index (χ0v) is 17.8. The number of halogens is 2. The number of nitrogens with zero attached hydrogens (tertiary/aromatic N) is 2. The lowest BCUT2D eigenvalue weighted by molar-refractivity contribution is -0.142. The first-order valence-electron chi connectivity index (χ1n) is 8.85. The van der Waals surface area contributed by atoms with E-state index >= 15 is 0 Å². The van der Waals surface area contributed by atoms with Gasteiger partial charge in [0.2, 0.25) is 5.91 Å². The number of carbonyl (C=O) groups is 2. The van der Waals surface area contributed by atoms with Crippen LogP contribution in [0, 0.1) is 0 Å². The number of amides is 2. The van der Waals surface area contributed by atoms with Crippen molar-refractivity contribution in [2.24, 2.45) is 0 Å². The van der Waals surface area contributed by atoms with Crippen molar-refractivity contribution >= 4 is 46.4 Å². The Labute approximate surface area is 174 Å². The molecule has 1 atom stereocenters. The van der Waals surface area contributed by atoms with Crippen molar-refractivity contribution in [3.05, 3.63) is 58.3 Å². The molecule has 0 N–H and O–H groups in total. The number of hydrogen-bond donors (Lipinski definition) is 0. The molecule has 0 aliphatic heterocycles. The molecule has 2 amide bonds. The number of benzene rings is 1. The third-order valence-corrected chi connectivity index (χ3v) is 5.63. The molecule has 4 nitrogen and oxygen atoms in total. The first-order valence-corrected chi connectivity index (χ1v) is 10.6. The average Bonchev–Trinajstić information content (AvgIpc) is 3.18. The molecule has 0 aliphatic carbocycles. The summed E-state index contributed by atoms with van der Waals surface area (Å²) >= 11 is 13.2. The number of thiophene rings is 1. The van der Waals surface area contributed by atoms with Crippen molar-refractivity contribution in [1.29, 1.82) is 0 Å². The van der Waals surface area contributed by atoms with E-state index in [1.165, 1.54) is 4.90 Å². The maximum absolute atomic E-state index is 13.1. The zero-order valence-electron chi connectivity index (χ0n) is 15.5. The van der Waals surface area contributed by atoms with Gasteiger partial charge in [-0.25, -0.2) is 0 Å². The van der Waals surface area contributed by atoms with Crippen LogP contribution in [0.2, 0.25) is 0 Å². The average molecular weight is 427 g/mol. The van der Waals surface area contributed by atoms with Gasteiger partial charge in [0.05, 0.1) is 6.54 Å². The molecule has 1 heterocycles. The first kappa shape index (κ1) is 21.7. The second kappa shape index (κ2) is 10.7. The van der Waals surface area contributed by atoms with Crippen LogP contribution < -0.4 is 0 Å². The molecule has 0 spiro atoms. The van der Waals surface area contributed by atoms with E-state index in [9.17, 15) is 9.59 Å². The van der Waals surface area contributed by atoms with Gasteiger partial charge in [-0.15, -0.1) is 11.3 Å². The van der Waals surface area contributed by atoms with E-state index in [1.54, 1.807) is 16.2 Å². The second-order valence-electron chi connectivity index (χ2n) is 6.34. The summed E-state index contributed by atoms with van der Waals surface area (Å²) in [6.45, 7) is 4.79. The summed E-state index contributed by atoms with van der Waals surface area (Å²) in [6.07, 6.45) is 0.711. The third-order valence-electron chi connectivity index (χ3n) is 4.39. The van der Waals surface area contributed by atoms with E-state index < -0.39 is 10.7 Å². The fourth-order valence-electron chi connectivity index (χ4n) is 2.67. The van der Waals surface area contributed by atoms with Gasteiger partial charge in [0, 0.05) is 17.5 Å². The lowest BCUT2D eigenvalue weighted by Gasteiger charge is -2.31. The number of alkyl halides is 2. The van der Waals surface area contributed by atoms with Crippen LogP contribution in [0.5, 0.6) is 0 Å². The summed E-state index contributed by atoms with van der Waals surface area (Å²) in [5.74, 6) is -0.563. The highest BCUT2D eigenvalue weighted by molar-refractivity contribution is 7.09. The van der Waals surface area contributed by atoms with Gasteiger partial charge in [0.15, 0.2) is 4.84 Å². The Kier molecular flexibility index (Phi) is 8.61.